The van der Waals surface area contributed by atoms with Gasteiger partial charge in [0.25, 0.3) is 0 Å². The lowest BCUT2D eigenvalue weighted by atomic mass is 9.70. The first-order valence-corrected chi connectivity index (χ1v) is 12.7. The first-order valence-electron chi connectivity index (χ1n) is 12.7. The number of nitrogens with zero attached hydrogens (tertiary/aromatic N) is 1. The van der Waals surface area contributed by atoms with Gasteiger partial charge in [0.1, 0.15) is 11.6 Å². The average molecular weight is 500 g/mol. The summed E-state index contributed by atoms with van der Waals surface area (Å²) in [6.07, 6.45) is 0.631. The van der Waals surface area contributed by atoms with Gasteiger partial charge in [0.15, 0.2) is 0 Å². The van der Waals surface area contributed by atoms with Crippen molar-refractivity contribution in [1.82, 2.24) is 4.90 Å². The topological polar surface area (TPSA) is 108 Å². The van der Waals surface area contributed by atoms with Crippen LogP contribution >= 0.6 is 0 Å². The molecule has 8 heteroatoms. The zero-order valence-electron chi connectivity index (χ0n) is 20.5. The van der Waals surface area contributed by atoms with Gasteiger partial charge in [0, 0.05) is 11.4 Å². The van der Waals surface area contributed by atoms with Gasteiger partial charge in [0.05, 0.1) is 30.6 Å². The number of hydrogen-bond acceptors (Lipinski definition) is 5. The predicted molar refractivity (Wildman–Crippen MR) is 139 cm³/mol. The lowest BCUT2D eigenvalue weighted by Crippen LogP contribution is -2.55. The molecule has 3 aliphatic rings. The second-order valence-corrected chi connectivity index (χ2v) is 10.2. The van der Waals surface area contributed by atoms with Crippen LogP contribution in [0.2, 0.25) is 0 Å². The summed E-state index contributed by atoms with van der Waals surface area (Å²) in [6.45, 7) is 1.40. The minimum absolute atomic E-state index is 0.289. The van der Waals surface area contributed by atoms with Crippen molar-refractivity contribution < 1.29 is 24.2 Å². The van der Waals surface area contributed by atoms with E-state index in [0.717, 1.165) is 10.8 Å². The third-order valence-corrected chi connectivity index (χ3v) is 8.09. The van der Waals surface area contributed by atoms with Gasteiger partial charge in [-0.2, -0.15) is 0 Å². The monoisotopic (exact) mass is 499 g/mol. The van der Waals surface area contributed by atoms with Gasteiger partial charge < -0.3 is 25.4 Å². The van der Waals surface area contributed by atoms with Crippen molar-refractivity contribution in [2.45, 2.75) is 43.6 Å². The molecule has 3 saturated heterocycles. The summed E-state index contributed by atoms with van der Waals surface area (Å²) >= 11 is 0. The highest BCUT2D eigenvalue weighted by molar-refractivity contribution is 6.05. The highest BCUT2D eigenvalue weighted by atomic mass is 16.5. The van der Waals surface area contributed by atoms with Gasteiger partial charge in [-0.05, 0) is 54.8 Å². The van der Waals surface area contributed by atoms with Gasteiger partial charge in [-0.1, -0.05) is 48.5 Å². The molecule has 0 aliphatic carbocycles. The minimum Gasteiger partial charge on any atom is -0.394 e. The number of carbonyl (C=O) groups is 3. The normalized spacial score (nSPS) is 28.8. The number of nitrogens with one attached hydrogen (secondary N) is 2. The lowest BCUT2D eigenvalue weighted by molar-refractivity contribution is -0.142. The van der Waals surface area contributed by atoms with Gasteiger partial charge in [-0.3, -0.25) is 14.4 Å². The molecule has 3 amide bonds. The summed E-state index contributed by atoms with van der Waals surface area (Å²) < 4.78 is 6.43. The Balaban J connectivity index is 1.33. The number of amides is 3. The van der Waals surface area contributed by atoms with E-state index >= 15 is 0 Å². The number of rotatable bonds is 6. The van der Waals surface area contributed by atoms with Gasteiger partial charge >= 0.3 is 0 Å². The number of anilines is 2. The number of carbonyl (C=O) groups excluding carboxylic acids is 3. The first kappa shape index (κ1) is 23.6. The molecule has 8 nitrogen and oxygen atoms in total. The van der Waals surface area contributed by atoms with Crippen molar-refractivity contribution in [3.8, 4) is 0 Å². The summed E-state index contributed by atoms with van der Waals surface area (Å²) in [5.41, 5.74) is 0.129. The molecular weight excluding hydrogens is 470 g/mol. The van der Waals surface area contributed by atoms with E-state index in [-0.39, 0.29) is 24.3 Å². The lowest BCUT2D eigenvalue weighted by Gasteiger charge is -2.35. The fourth-order valence-electron chi connectivity index (χ4n) is 6.48. The number of benzene rings is 3. The number of hydrogen-bond donors (Lipinski definition) is 3. The van der Waals surface area contributed by atoms with E-state index in [2.05, 4.69) is 10.6 Å². The van der Waals surface area contributed by atoms with Crippen LogP contribution in [-0.4, -0.2) is 58.1 Å². The maximum Gasteiger partial charge on any atom is 0.250 e. The van der Waals surface area contributed by atoms with Crippen LogP contribution in [0, 0.1) is 11.8 Å². The third kappa shape index (κ3) is 3.70. The molecule has 3 aliphatic heterocycles. The molecule has 6 rings (SSSR count). The number of aliphatic hydroxyl groups is 1. The Labute approximate surface area is 214 Å². The Kier molecular flexibility index (Phi) is 5.73. The number of fused-ring (bicyclic) bond motifs is 2. The minimum atomic E-state index is -1.12. The second-order valence-electron chi connectivity index (χ2n) is 10.2. The average Bonchev–Trinajstić information content (AvgIpc) is 3.56. The van der Waals surface area contributed by atoms with E-state index < -0.39 is 35.6 Å². The van der Waals surface area contributed by atoms with Crippen molar-refractivity contribution in [1.29, 1.82) is 0 Å². The SMILES string of the molecule is C[C@H](CO)N1C(=O)[C@@H]2[C@@H](C(=O)Nc3ccccc3)[C@H]3CCC2(O3)C1C(=O)Nc1ccc2ccccc2c1. The van der Waals surface area contributed by atoms with Crippen LogP contribution in [-0.2, 0) is 19.1 Å². The van der Waals surface area contributed by atoms with E-state index in [1.54, 1.807) is 19.1 Å². The third-order valence-electron chi connectivity index (χ3n) is 8.09. The van der Waals surface area contributed by atoms with Crippen molar-refractivity contribution in [2.75, 3.05) is 17.2 Å². The van der Waals surface area contributed by atoms with Crippen molar-refractivity contribution in [2.24, 2.45) is 11.8 Å². The Bertz CT molecular complexity index is 1380. The highest BCUT2D eigenvalue weighted by Gasteiger charge is 2.74. The molecule has 0 saturated carbocycles. The molecule has 3 fully saturated rings. The van der Waals surface area contributed by atoms with E-state index in [4.69, 9.17) is 4.74 Å². The molecule has 3 heterocycles. The Morgan fingerprint density at radius 2 is 1.70 bits per heavy atom. The molecule has 3 N–H and O–H groups in total. The van der Waals surface area contributed by atoms with Crippen LogP contribution in [0.4, 0.5) is 11.4 Å². The second kappa shape index (κ2) is 8.97. The Hall–Kier alpha value is -3.75. The largest absolute Gasteiger partial charge is 0.394 e. The fraction of sp³-hybridized carbons (Fsp3) is 0.345. The fourth-order valence-corrected chi connectivity index (χ4v) is 6.48. The summed E-state index contributed by atoms with van der Waals surface area (Å²) in [6, 6.07) is 21.0. The van der Waals surface area contributed by atoms with Gasteiger partial charge in [-0.15, -0.1) is 0 Å². The van der Waals surface area contributed by atoms with Crippen molar-refractivity contribution >= 4 is 39.9 Å². The van der Waals surface area contributed by atoms with E-state index in [0.29, 0.717) is 24.2 Å². The molecule has 6 atom stereocenters. The zero-order valence-corrected chi connectivity index (χ0v) is 20.5. The van der Waals surface area contributed by atoms with Crippen LogP contribution in [0.15, 0.2) is 72.8 Å². The number of ether oxygens (including phenoxy) is 1. The smallest absolute Gasteiger partial charge is 0.250 e. The van der Waals surface area contributed by atoms with Crippen molar-refractivity contribution in [3.05, 3.63) is 72.8 Å². The molecule has 3 aromatic rings. The molecule has 37 heavy (non-hydrogen) atoms. The van der Waals surface area contributed by atoms with E-state index in [1.807, 2.05) is 60.7 Å². The summed E-state index contributed by atoms with van der Waals surface area (Å²) in [7, 11) is 0. The maximum absolute atomic E-state index is 13.9. The van der Waals surface area contributed by atoms with Crippen LogP contribution in [0.5, 0.6) is 0 Å². The molecule has 0 radical (unpaired) electrons. The van der Waals surface area contributed by atoms with Gasteiger partial charge in [0.2, 0.25) is 17.7 Å². The molecule has 0 aromatic heterocycles. The maximum atomic E-state index is 13.9. The quantitative estimate of drug-likeness (QED) is 0.483. The molecule has 2 unspecified atom stereocenters. The zero-order chi connectivity index (χ0) is 25.7. The van der Waals surface area contributed by atoms with Crippen LogP contribution < -0.4 is 10.6 Å². The van der Waals surface area contributed by atoms with E-state index in [9.17, 15) is 19.5 Å². The van der Waals surface area contributed by atoms with Crippen LogP contribution in [0.25, 0.3) is 10.8 Å². The van der Waals surface area contributed by atoms with Gasteiger partial charge in [-0.25, -0.2) is 0 Å². The number of para-hydroxylation sites is 1. The van der Waals surface area contributed by atoms with Crippen LogP contribution in [0.1, 0.15) is 19.8 Å². The first-order chi connectivity index (χ1) is 17.9. The molecule has 1 spiro atoms. The Morgan fingerprint density at radius 3 is 2.46 bits per heavy atom. The Morgan fingerprint density at radius 1 is 1.00 bits per heavy atom. The predicted octanol–water partition coefficient (Wildman–Crippen LogP) is 3.17. The molecule has 190 valence electrons. The molecule has 3 aromatic carbocycles. The summed E-state index contributed by atoms with van der Waals surface area (Å²) in [5, 5.41) is 17.9. The van der Waals surface area contributed by atoms with Crippen LogP contribution in [0.3, 0.4) is 0 Å². The highest BCUT2D eigenvalue weighted by Crippen LogP contribution is 2.59. The summed E-state index contributed by atoms with van der Waals surface area (Å²) in [5.74, 6) is -2.50. The standard InChI is InChI=1S/C29H29N3O5/c1-17(16-33)32-25(27(35)31-21-12-11-18-7-5-6-8-19(18)15-21)29-14-13-22(37-29)23(24(29)28(32)36)26(34)30-20-9-3-2-4-10-20/h2-12,15,17,22-25,33H,13-14,16H2,1H3,(H,30,34)(H,31,35)/t17-,22-,23+,24+,25?,29?/m1/s1. The molecular formula is C29H29N3O5. The van der Waals surface area contributed by atoms with Crippen molar-refractivity contribution in [3.63, 3.8) is 0 Å². The summed E-state index contributed by atoms with van der Waals surface area (Å²) in [4.78, 5) is 42.6. The van der Waals surface area contributed by atoms with E-state index in [1.165, 1.54) is 4.90 Å². The molecule has 2 bridgehead atoms. The number of likely N-dealkylation sites (tertiary alicyclic amines) is 1. The number of aliphatic hydroxyl groups excluding tert-OH is 1.